The van der Waals surface area contributed by atoms with Gasteiger partial charge >= 0.3 is 6.18 Å². The Hall–Kier alpha value is -1.12. The minimum Gasteiger partial charge on any atom is -0.391 e. The van der Waals surface area contributed by atoms with Gasteiger partial charge in [0.1, 0.15) is 0 Å². The third kappa shape index (κ3) is 4.98. The van der Waals surface area contributed by atoms with E-state index < -0.39 is 27.9 Å². The molecule has 1 aromatic carbocycles. The minimum atomic E-state index is -4.50. The number of hydrogen-bond donors (Lipinski definition) is 1. The minimum absolute atomic E-state index is 0.0557. The van der Waals surface area contributed by atoms with Gasteiger partial charge in [0.2, 0.25) is 10.0 Å². The molecule has 0 radical (unpaired) electrons. The van der Waals surface area contributed by atoms with E-state index in [2.05, 4.69) is 0 Å². The smallest absolute Gasteiger partial charge is 0.391 e. The summed E-state index contributed by atoms with van der Waals surface area (Å²) in [5.74, 6) is -0.130. The molecule has 0 spiro atoms. The summed E-state index contributed by atoms with van der Waals surface area (Å²) in [5.41, 5.74) is -0.871. The van der Waals surface area contributed by atoms with Gasteiger partial charge in [0.25, 0.3) is 0 Å². The molecular formula is C13H18F3NO3S. The van der Waals surface area contributed by atoms with E-state index in [0.29, 0.717) is 0 Å². The van der Waals surface area contributed by atoms with Crippen LogP contribution < -0.4 is 0 Å². The number of benzene rings is 1. The monoisotopic (exact) mass is 325 g/mol. The van der Waals surface area contributed by atoms with Gasteiger partial charge in [-0.3, -0.25) is 0 Å². The fourth-order valence-corrected chi connectivity index (χ4v) is 2.76. The largest absolute Gasteiger partial charge is 0.416 e. The van der Waals surface area contributed by atoms with Gasteiger partial charge < -0.3 is 5.11 Å². The average Bonchev–Trinajstić information content (AvgIpc) is 2.37. The van der Waals surface area contributed by atoms with Crippen LogP contribution in [-0.2, 0) is 22.6 Å². The van der Waals surface area contributed by atoms with Crippen LogP contribution in [0.1, 0.15) is 18.1 Å². The van der Waals surface area contributed by atoms with Gasteiger partial charge in [-0.05, 0) is 18.6 Å². The molecule has 0 aromatic heterocycles. The van der Waals surface area contributed by atoms with Crippen LogP contribution in [0.2, 0.25) is 0 Å². The number of aliphatic hydroxyl groups excluding tert-OH is 1. The standard InChI is InChI=1S/C13H18F3NO3S/c1-3-21(19,20)17(2)9-11(18)8-10-6-4-5-7-12(10)13(14,15)16/h4-7,11,18H,3,8-9H2,1-2H3. The van der Waals surface area contributed by atoms with Crippen LogP contribution >= 0.6 is 0 Å². The Morgan fingerprint density at radius 2 is 1.86 bits per heavy atom. The molecule has 0 heterocycles. The molecule has 0 amide bonds. The lowest BCUT2D eigenvalue weighted by Crippen LogP contribution is -2.36. The van der Waals surface area contributed by atoms with Gasteiger partial charge in [-0.15, -0.1) is 0 Å². The molecule has 1 atom stereocenters. The normalized spacial score (nSPS) is 14.4. The highest BCUT2D eigenvalue weighted by atomic mass is 32.2. The fourth-order valence-electron chi connectivity index (χ4n) is 1.92. The van der Waals surface area contributed by atoms with Crippen LogP contribution in [0.5, 0.6) is 0 Å². The van der Waals surface area contributed by atoms with E-state index in [9.17, 15) is 26.7 Å². The lowest BCUT2D eigenvalue weighted by molar-refractivity contribution is -0.138. The van der Waals surface area contributed by atoms with Crippen LogP contribution in [0.25, 0.3) is 0 Å². The van der Waals surface area contributed by atoms with Crippen molar-refractivity contribution >= 4 is 10.0 Å². The maximum Gasteiger partial charge on any atom is 0.416 e. The zero-order chi connectivity index (χ0) is 16.3. The van der Waals surface area contributed by atoms with Crippen LogP contribution in [-0.4, -0.2) is 43.3 Å². The van der Waals surface area contributed by atoms with Gasteiger partial charge in [-0.2, -0.15) is 13.2 Å². The molecule has 0 saturated heterocycles. The number of halogens is 3. The number of rotatable bonds is 6. The SMILES string of the molecule is CCS(=O)(=O)N(C)CC(O)Cc1ccccc1C(F)(F)F. The summed E-state index contributed by atoms with van der Waals surface area (Å²) in [7, 11) is -2.18. The van der Waals surface area contributed by atoms with Crippen molar-refractivity contribution in [3.63, 3.8) is 0 Å². The fraction of sp³-hybridized carbons (Fsp3) is 0.538. The Morgan fingerprint density at radius 3 is 2.38 bits per heavy atom. The van der Waals surface area contributed by atoms with E-state index in [1.807, 2.05) is 0 Å². The quantitative estimate of drug-likeness (QED) is 0.869. The molecule has 8 heteroatoms. The number of sulfonamides is 1. The van der Waals surface area contributed by atoms with Crippen LogP contribution in [0.3, 0.4) is 0 Å². The summed E-state index contributed by atoms with van der Waals surface area (Å²) in [4.78, 5) is 0. The van der Waals surface area contributed by atoms with Crippen molar-refractivity contribution in [2.24, 2.45) is 0 Å². The molecule has 4 nitrogen and oxygen atoms in total. The van der Waals surface area contributed by atoms with Crippen molar-refractivity contribution in [3.05, 3.63) is 35.4 Å². The van der Waals surface area contributed by atoms with Crippen molar-refractivity contribution in [1.82, 2.24) is 4.31 Å². The summed E-state index contributed by atoms with van der Waals surface area (Å²) >= 11 is 0. The first-order valence-electron chi connectivity index (χ1n) is 6.35. The molecule has 1 aromatic rings. The van der Waals surface area contributed by atoms with E-state index in [1.54, 1.807) is 0 Å². The van der Waals surface area contributed by atoms with Crippen LogP contribution in [0.4, 0.5) is 13.2 Å². The second-order valence-electron chi connectivity index (χ2n) is 4.69. The van der Waals surface area contributed by atoms with Crippen molar-refractivity contribution in [3.8, 4) is 0 Å². The molecule has 0 fully saturated rings. The summed E-state index contributed by atoms with van der Waals surface area (Å²) in [6.07, 6.45) is -5.98. The maximum absolute atomic E-state index is 12.8. The molecule has 0 aliphatic rings. The van der Waals surface area contributed by atoms with Gasteiger partial charge in [0.05, 0.1) is 17.4 Å². The predicted molar refractivity (Wildman–Crippen MR) is 73.2 cm³/mol. The number of aliphatic hydroxyl groups is 1. The van der Waals surface area contributed by atoms with Gasteiger partial charge in [-0.1, -0.05) is 18.2 Å². The predicted octanol–water partition coefficient (Wildman–Crippen LogP) is 1.89. The number of likely N-dealkylation sites (N-methyl/N-ethyl adjacent to an activating group) is 1. The molecule has 1 unspecified atom stereocenters. The molecule has 1 rings (SSSR count). The molecule has 21 heavy (non-hydrogen) atoms. The first-order valence-corrected chi connectivity index (χ1v) is 7.96. The number of alkyl halides is 3. The Labute approximate surface area is 122 Å². The van der Waals surface area contributed by atoms with Crippen LogP contribution in [0.15, 0.2) is 24.3 Å². The molecule has 0 aliphatic carbocycles. The highest BCUT2D eigenvalue weighted by Gasteiger charge is 2.33. The van der Waals surface area contributed by atoms with Gasteiger partial charge in [0.15, 0.2) is 0 Å². The second-order valence-corrected chi connectivity index (χ2v) is 7.06. The topological polar surface area (TPSA) is 57.6 Å². The Morgan fingerprint density at radius 1 is 1.29 bits per heavy atom. The number of nitrogens with zero attached hydrogens (tertiary/aromatic N) is 1. The molecule has 0 saturated carbocycles. The van der Waals surface area contributed by atoms with Crippen molar-refractivity contribution in [2.75, 3.05) is 19.3 Å². The van der Waals surface area contributed by atoms with E-state index in [-0.39, 0.29) is 24.3 Å². The molecule has 0 bridgehead atoms. The lowest BCUT2D eigenvalue weighted by Gasteiger charge is -2.21. The van der Waals surface area contributed by atoms with Gasteiger partial charge in [0, 0.05) is 20.0 Å². The summed E-state index contributed by atoms with van der Waals surface area (Å²) < 4.78 is 62.5. The molecule has 120 valence electrons. The van der Waals surface area contributed by atoms with E-state index in [1.165, 1.54) is 32.2 Å². The first-order chi connectivity index (χ1) is 9.58. The Bertz CT molecular complexity index is 572. The van der Waals surface area contributed by atoms with E-state index in [4.69, 9.17) is 0 Å². The zero-order valence-electron chi connectivity index (χ0n) is 11.8. The Balaban J connectivity index is 2.83. The maximum atomic E-state index is 12.8. The molecule has 1 N–H and O–H groups in total. The molecular weight excluding hydrogens is 307 g/mol. The van der Waals surface area contributed by atoms with Gasteiger partial charge in [-0.25, -0.2) is 12.7 Å². The first kappa shape index (κ1) is 17.9. The highest BCUT2D eigenvalue weighted by Crippen LogP contribution is 2.32. The molecule has 0 aliphatic heterocycles. The van der Waals surface area contributed by atoms with E-state index in [0.717, 1.165) is 10.4 Å². The lowest BCUT2D eigenvalue weighted by atomic mass is 10.0. The van der Waals surface area contributed by atoms with Crippen molar-refractivity contribution < 1.29 is 26.7 Å². The average molecular weight is 325 g/mol. The third-order valence-electron chi connectivity index (χ3n) is 3.09. The third-order valence-corrected chi connectivity index (χ3v) is 4.91. The summed E-state index contributed by atoms with van der Waals surface area (Å²) in [5, 5.41) is 9.85. The van der Waals surface area contributed by atoms with Crippen molar-refractivity contribution in [1.29, 1.82) is 0 Å². The van der Waals surface area contributed by atoms with Crippen LogP contribution in [0, 0.1) is 0 Å². The van der Waals surface area contributed by atoms with E-state index >= 15 is 0 Å². The Kier molecular flexibility index (Phi) is 5.77. The van der Waals surface area contributed by atoms with Crippen molar-refractivity contribution in [2.45, 2.75) is 25.6 Å². The number of hydrogen-bond acceptors (Lipinski definition) is 3. The summed E-state index contributed by atoms with van der Waals surface area (Å²) in [6, 6.07) is 4.94. The zero-order valence-corrected chi connectivity index (χ0v) is 12.6. The highest BCUT2D eigenvalue weighted by molar-refractivity contribution is 7.89. The second kappa shape index (κ2) is 6.76. The summed E-state index contributed by atoms with van der Waals surface area (Å²) in [6.45, 7) is 1.21.